The standard InChI is InChI=1S/C40H66O14/c1-18(17-50-36-34(47)33(46)31(44)28(16-41)53-36)7-12-40(49-6)19(2)29-27(54-40)15-24-22-14-26(52-37-35(48)32(45)30(43)20(3)51-37)25-13-21(42)8-10-38(25,4)23(22)9-11-39(24,29)5/h18-20,22-37,41,43-48H,7-17H2,1-6H3/t18-,19-,20+,22+,23-,24-,25+,26-,27-,28+,29-,30+,31+,32-,33-,34+,35+,36+,37-,38+,39-,40+/m0/s1. The molecular formula is C40H66O14. The fourth-order valence-electron chi connectivity index (χ4n) is 12.8. The van der Waals surface area contributed by atoms with Crippen molar-refractivity contribution in [1.82, 2.24) is 0 Å². The number of fused-ring (bicyclic) bond motifs is 7. The van der Waals surface area contributed by atoms with Gasteiger partial charge in [-0.05, 0) is 91.8 Å². The van der Waals surface area contributed by atoms with Crippen molar-refractivity contribution in [2.24, 2.45) is 52.3 Å². The summed E-state index contributed by atoms with van der Waals surface area (Å²) in [7, 11) is 1.72. The van der Waals surface area contributed by atoms with Gasteiger partial charge in [0.2, 0.25) is 0 Å². The van der Waals surface area contributed by atoms with Crippen LogP contribution in [0.3, 0.4) is 0 Å². The molecule has 7 N–H and O–H groups in total. The minimum absolute atomic E-state index is 0.00758. The van der Waals surface area contributed by atoms with E-state index in [0.29, 0.717) is 43.4 Å². The van der Waals surface area contributed by atoms with Crippen molar-refractivity contribution in [3.8, 4) is 0 Å². The molecule has 0 aromatic heterocycles. The Morgan fingerprint density at radius 3 is 2.26 bits per heavy atom. The van der Waals surface area contributed by atoms with E-state index >= 15 is 0 Å². The summed E-state index contributed by atoms with van der Waals surface area (Å²) in [6.07, 6.45) is -5.87. The maximum atomic E-state index is 12.9. The number of hydrogen-bond donors (Lipinski definition) is 7. The van der Waals surface area contributed by atoms with Crippen LogP contribution in [0.5, 0.6) is 0 Å². The zero-order valence-corrected chi connectivity index (χ0v) is 32.7. The van der Waals surface area contributed by atoms with Gasteiger partial charge >= 0.3 is 0 Å². The second-order valence-corrected chi connectivity index (χ2v) is 18.8. The molecule has 0 bridgehead atoms. The molecule has 4 saturated carbocycles. The average molecular weight is 771 g/mol. The Labute approximate surface area is 318 Å². The molecule has 0 unspecified atom stereocenters. The first kappa shape index (κ1) is 41.3. The lowest BCUT2D eigenvalue weighted by Crippen LogP contribution is -2.62. The summed E-state index contributed by atoms with van der Waals surface area (Å²) in [5, 5.41) is 72.0. The lowest BCUT2D eigenvalue weighted by Gasteiger charge is -2.62. The van der Waals surface area contributed by atoms with Crippen LogP contribution in [0.15, 0.2) is 0 Å². The monoisotopic (exact) mass is 770 g/mol. The molecule has 7 aliphatic rings. The number of aliphatic hydroxyl groups is 7. The Hall–Kier alpha value is -0.850. The average Bonchev–Trinajstić information content (AvgIpc) is 3.61. The molecule has 0 aromatic carbocycles. The van der Waals surface area contributed by atoms with Crippen molar-refractivity contribution >= 4 is 5.78 Å². The van der Waals surface area contributed by atoms with E-state index in [4.69, 9.17) is 28.4 Å². The topological polar surface area (TPSA) is 214 Å². The zero-order valence-electron chi connectivity index (χ0n) is 32.7. The molecule has 7 rings (SSSR count). The maximum absolute atomic E-state index is 12.9. The van der Waals surface area contributed by atoms with E-state index in [1.165, 1.54) is 0 Å². The van der Waals surface area contributed by atoms with Gasteiger partial charge in [-0.3, -0.25) is 4.79 Å². The van der Waals surface area contributed by atoms with Crippen molar-refractivity contribution in [2.45, 2.75) is 172 Å². The predicted octanol–water partition coefficient (Wildman–Crippen LogP) is 1.26. The van der Waals surface area contributed by atoms with Gasteiger partial charge in [0.25, 0.3) is 0 Å². The fraction of sp³-hybridized carbons (Fsp3) is 0.975. The highest BCUT2D eigenvalue weighted by atomic mass is 16.7. The van der Waals surface area contributed by atoms with E-state index in [-0.39, 0.29) is 59.1 Å². The molecule has 3 saturated heterocycles. The Bertz CT molecular complexity index is 1340. The number of ether oxygens (including phenoxy) is 6. The largest absolute Gasteiger partial charge is 0.394 e. The minimum atomic E-state index is -1.49. The summed E-state index contributed by atoms with van der Waals surface area (Å²) in [5.74, 6) is 0.913. The molecule has 0 amide bonds. The molecule has 0 aromatic rings. The molecule has 3 heterocycles. The summed E-state index contributed by atoms with van der Waals surface area (Å²) in [5.41, 5.74) is -0.141. The fourth-order valence-corrected chi connectivity index (χ4v) is 12.8. The Kier molecular flexibility index (Phi) is 11.8. The van der Waals surface area contributed by atoms with Gasteiger partial charge in [0.05, 0.1) is 31.5 Å². The molecule has 22 atom stereocenters. The van der Waals surface area contributed by atoms with E-state index in [1.807, 2.05) is 6.92 Å². The van der Waals surface area contributed by atoms with Gasteiger partial charge in [0.15, 0.2) is 18.4 Å². The van der Waals surface area contributed by atoms with Crippen LogP contribution in [0.1, 0.15) is 92.4 Å². The van der Waals surface area contributed by atoms with E-state index in [2.05, 4.69) is 20.8 Å². The number of ketones is 1. The SMILES string of the molecule is CO[C@]1(CC[C@H](C)CO[C@@H]2O[C@H](CO)[C@@H](O)[C@H](O)[C@H]2O)O[C@H]2C[C@H]3[C@@H]4C[C@H](O[C@@H]5O[C@H](C)[C@@H](O)[C@H](O)[C@H]5O)[C@H]5CC(=O)CC[C@]5(C)[C@H]4CC[C@]3(C)[C@H]2[C@@H]1C. The molecule has 14 heteroatoms. The highest BCUT2D eigenvalue weighted by Crippen LogP contribution is 2.71. The molecule has 4 aliphatic carbocycles. The van der Waals surface area contributed by atoms with Crippen LogP contribution in [0.4, 0.5) is 0 Å². The molecule has 0 spiro atoms. The van der Waals surface area contributed by atoms with Gasteiger partial charge in [-0.15, -0.1) is 0 Å². The third-order valence-corrected chi connectivity index (χ3v) is 16.0. The van der Waals surface area contributed by atoms with E-state index in [9.17, 15) is 40.5 Å². The number of carbonyl (C=O) groups excluding carboxylic acids is 1. The van der Waals surface area contributed by atoms with Crippen molar-refractivity contribution in [3.05, 3.63) is 0 Å². The van der Waals surface area contributed by atoms with E-state index in [1.54, 1.807) is 14.0 Å². The van der Waals surface area contributed by atoms with Crippen LogP contribution in [0, 0.1) is 52.3 Å². The second kappa shape index (κ2) is 15.4. The van der Waals surface area contributed by atoms with Crippen molar-refractivity contribution in [3.63, 3.8) is 0 Å². The van der Waals surface area contributed by atoms with Gasteiger partial charge in [-0.25, -0.2) is 0 Å². The Balaban J connectivity index is 1.04. The number of carbonyl (C=O) groups is 1. The maximum Gasteiger partial charge on any atom is 0.186 e. The van der Waals surface area contributed by atoms with Crippen LogP contribution in [-0.2, 0) is 33.2 Å². The minimum Gasteiger partial charge on any atom is -0.394 e. The number of aliphatic hydroxyl groups excluding tert-OH is 7. The molecule has 7 fully saturated rings. The highest BCUT2D eigenvalue weighted by Gasteiger charge is 2.70. The summed E-state index contributed by atoms with van der Waals surface area (Å²) in [4.78, 5) is 12.9. The second-order valence-electron chi connectivity index (χ2n) is 18.8. The third-order valence-electron chi connectivity index (χ3n) is 16.0. The predicted molar refractivity (Wildman–Crippen MR) is 190 cm³/mol. The first-order valence-electron chi connectivity index (χ1n) is 20.5. The van der Waals surface area contributed by atoms with Gasteiger partial charge in [0, 0.05) is 32.3 Å². The van der Waals surface area contributed by atoms with Crippen molar-refractivity contribution in [2.75, 3.05) is 20.3 Å². The van der Waals surface area contributed by atoms with Crippen LogP contribution in [0.2, 0.25) is 0 Å². The molecule has 14 nitrogen and oxygen atoms in total. The number of rotatable bonds is 10. The third kappa shape index (κ3) is 6.74. The molecule has 0 radical (unpaired) electrons. The highest BCUT2D eigenvalue weighted by molar-refractivity contribution is 5.79. The normalized spacial score (nSPS) is 55.1. The van der Waals surface area contributed by atoms with Gasteiger partial charge < -0.3 is 64.2 Å². The van der Waals surface area contributed by atoms with Crippen LogP contribution < -0.4 is 0 Å². The smallest absolute Gasteiger partial charge is 0.186 e. The molecule has 54 heavy (non-hydrogen) atoms. The zero-order chi connectivity index (χ0) is 39.1. The summed E-state index contributed by atoms with van der Waals surface area (Å²) < 4.78 is 37.3. The van der Waals surface area contributed by atoms with Crippen LogP contribution in [-0.4, -0.2) is 141 Å². The van der Waals surface area contributed by atoms with E-state index < -0.39 is 73.8 Å². The summed E-state index contributed by atoms with van der Waals surface area (Å²) in [6.45, 7) is 10.4. The molecule has 3 aliphatic heterocycles. The summed E-state index contributed by atoms with van der Waals surface area (Å²) in [6, 6.07) is 0. The van der Waals surface area contributed by atoms with Gasteiger partial charge in [0.1, 0.15) is 48.5 Å². The lowest BCUT2D eigenvalue weighted by molar-refractivity contribution is -0.320. The lowest BCUT2D eigenvalue weighted by atomic mass is 9.43. The van der Waals surface area contributed by atoms with Gasteiger partial charge in [-0.2, -0.15) is 0 Å². The number of Topliss-reactive ketones (excluding diaryl/α,β-unsaturated/α-hetero) is 1. The van der Waals surface area contributed by atoms with Crippen LogP contribution in [0.25, 0.3) is 0 Å². The molecule has 310 valence electrons. The first-order valence-corrected chi connectivity index (χ1v) is 20.5. The summed E-state index contributed by atoms with van der Waals surface area (Å²) >= 11 is 0. The number of hydrogen-bond acceptors (Lipinski definition) is 14. The quantitative estimate of drug-likeness (QED) is 0.156. The Morgan fingerprint density at radius 2 is 1.56 bits per heavy atom. The van der Waals surface area contributed by atoms with Crippen molar-refractivity contribution < 1.29 is 69.0 Å². The van der Waals surface area contributed by atoms with E-state index in [0.717, 1.165) is 32.1 Å². The van der Waals surface area contributed by atoms with Crippen LogP contribution >= 0.6 is 0 Å². The molecular weight excluding hydrogens is 704 g/mol. The van der Waals surface area contributed by atoms with Crippen molar-refractivity contribution in [1.29, 1.82) is 0 Å². The van der Waals surface area contributed by atoms with Gasteiger partial charge in [-0.1, -0.05) is 27.7 Å². The number of methoxy groups -OCH3 is 1. The first-order chi connectivity index (χ1) is 25.5. The Morgan fingerprint density at radius 1 is 0.852 bits per heavy atom.